The summed E-state index contributed by atoms with van der Waals surface area (Å²) in [6.07, 6.45) is -0.670. The van der Waals surface area contributed by atoms with Crippen molar-refractivity contribution in [3.63, 3.8) is 0 Å². The van der Waals surface area contributed by atoms with Crippen LogP contribution in [0.5, 0.6) is 5.75 Å². The Balaban J connectivity index is 1.97. The molecule has 2 rings (SSSR count). The smallest absolute Gasteiger partial charge is 0.265 e. The minimum Gasteiger partial charge on any atom is -0.481 e. The van der Waals surface area contributed by atoms with E-state index in [1.807, 2.05) is 30.3 Å². The number of carbonyl (C=O) groups excluding carboxylic acids is 1. The normalized spacial score (nSPS) is 11.3. The Morgan fingerprint density at radius 2 is 1.88 bits per heavy atom. The number of rotatable bonds is 7. The van der Waals surface area contributed by atoms with E-state index in [4.69, 9.17) is 10.00 Å². The first-order chi connectivity index (χ1) is 12.1. The molecule has 1 unspecified atom stereocenters. The van der Waals surface area contributed by atoms with Crippen LogP contribution < -0.4 is 15.0 Å². The van der Waals surface area contributed by atoms with Gasteiger partial charge in [-0.3, -0.25) is 4.79 Å². The van der Waals surface area contributed by atoms with E-state index in [1.165, 1.54) is 0 Å². The number of nitrogens with zero attached hydrogens (tertiary/aromatic N) is 2. The molecule has 0 radical (unpaired) electrons. The van der Waals surface area contributed by atoms with Gasteiger partial charge in [0.15, 0.2) is 6.10 Å². The Morgan fingerprint density at radius 1 is 1.20 bits per heavy atom. The third-order valence-corrected chi connectivity index (χ3v) is 3.91. The van der Waals surface area contributed by atoms with Crippen LogP contribution in [0.3, 0.4) is 0 Å². The molecule has 1 amide bonds. The molecule has 0 bridgehead atoms. The monoisotopic (exact) mass is 337 g/mol. The molecular formula is C20H23N3O2. The van der Waals surface area contributed by atoms with Crippen molar-refractivity contribution in [2.75, 3.05) is 23.3 Å². The molecule has 5 nitrogen and oxygen atoms in total. The van der Waals surface area contributed by atoms with Crippen LogP contribution in [0, 0.1) is 11.3 Å². The van der Waals surface area contributed by atoms with Crippen LogP contribution >= 0.6 is 0 Å². The zero-order chi connectivity index (χ0) is 18.2. The second-order valence-electron chi connectivity index (χ2n) is 5.61. The number of ether oxygens (including phenoxy) is 1. The van der Waals surface area contributed by atoms with Gasteiger partial charge in [0.25, 0.3) is 5.91 Å². The van der Waals surface area contributed by atoms with Gasteiger partial charge in [0.05, 0.1) is 11.6 Å². The Bertz CT molecular complexity index is 746. The minimum atomic E-state index is -0.670. The fourth-order valence-corrected chi connectivity index (χ4v) is 2.48. The number of nitrogens with one attached hydrogen (secondary N) is 1. The lowest BCUT2D eigenvalue weighted by molar-refractivity contribution is -0.122. The molecular weight excluding hydrogens is 314 g/mol. The lowest BCUT2D eigenvalue weighted by atomic mass is 10.2. The van der Waals surface area contributed by atoms with E-state index in [2.05, 4.69) is 24.1 Å². The van der Waals surface area contributed by atoms with Crippen molar-refractivity contribution < 1.29 is 9.53 Å². The number of benzene rings is 2. The number of nitriles is 1. The molecule has 0 heterocycles. The molecule has 0 aliphatic carbocycles. The molecule has 2 aromatic carbocycles. The molecule has 0 fully saturated rings. The number of hydrogen-bond donors (Lipinski definition) is 1. The van der Waals surface area contributed by atoms with Gasteiger partial charge < -0.3 is 15.0 Å². The predicted octanol–water partition coefficient (Wildman–Crippen LogP) is 3.81. The molecule has 0 spiro atoms. The highest BCUT2D eigenvalue weighted by Gasteiger charge is 2.15. The molecule has 0 saturated heterocycles. The minimum absolute atomic E-state index is 0.238. The Hall–Kier alpha value is -3.00. The Labute approximate surface area is 148 Å². The fraction of sp³-hybridized carbons (Fsp3) is 0.300. The third-order valence-electron chi connectivity index (χ3n) is 3.91. The van der Waals surface area contributed by atoms with E-state index in [0.29, 0.717) is 11.3 Å². The summed E-state index contributed by atoms with van der Waals surface area (Å²) in [4.78, 5) is 14.5. The van der Waals surface area contributed by atoms with E-state index < -0.39 is 6.10 Å². The summed E-state index contributed by atoms with van der Waals surface area (Å²) in [6, 6.07) is 16.6. The zero-order valence-corrected chi connectivity index (χ0v) is 14.8. The summed E-state index contributed by atoms with van der Waals surface area (Å²) in [5.74, 6) is 0.261. The molecule has 0 saturated carbocycles. The third kappa shape index (κ3) is 4.98. The molecule has 130 valence electrons. The van der Waals surface area contributed by atoms with Gasteiger partial charge >= 0.3 is 0 Å². The first-order valence-corrected chi connectivity index (χ1v) is 8.40. The van der Waals surface area contributed by atoms with E-state index in [1.54, 1.807) is 31.2 Å². The lowest BCUT2D eigenvalue weighted by Crippen LogP contribution is -2.30. The van der Waals surface area contributed by atoms with Crippen molar-refractivity contribution in [1.82, 2.24) is 0 Å². The van der Waals surface area contributed by atoms with E-state index in [-0.39, 0.29) is 5.91 Å². The van der Waals surface area contributed by atoms with Gasteiger partial charge in [0, 0.05) is 24.5 Å². The van der Waals surface area contributed by atoms with Crippen molar-refractivity contribution in [2.24, 2.45) is 0 Å². The van der Waals surface area contributed by atoms with Crippen LogP contribution in [0.1, 0.15) is 26.3 Å². The van der Waals surface area contributed by atoms with Crippen LogP contribution in [-0.2, 0) is 4.79 Å². The van der Waals surface area contributed by atoms with Gasteiger partial charge in [-0.15, -0.1) is 0 Å². The van der Waals surface area contributed by atoms with Crippen molar-refractivity contribution in [1.29, 1.82) is 5.26 Å². The van der Waals surface area contributed by atoms with E-state index in [0.717, 1.165) is 24.5 Å². The second kappa shape index (κ2) is 8.74. The maximum Gasteiger partial charge on any atom is 0.265 e. The highest BCUT2D eigenvalue weighted by molar-refractivity contribution is 5.94. The van der Waals surface area contributed by atoms with Crippen LogP contribution in [0.4, 0.5) is 11.4 Å². The average Bonchev–Trinajstić information content (AvgIpc) is 2.64. The van der Waals surface area contributed by atoms with Gasteiger partial charge in [-0.25, -0.2) is 0 Å². The van der Waals surface area contributed by atoms with Crippen LogP contribution in [0.2, 0.25) is 0 Å². The fourth-order valence-electron chi connectivity index (χ4n) is 2.48. The first kappa shape index (κ1) is 18.3. The SMILES string of the molecule is CCN(CC)c1ccc(NC(=O)C(C)Oc2cccc(C#N)c2)cc1. The molecule has 2 aromatic rings. The predicted molar refractivity (Wildman–Crippen MR) is 99.9 cm³/mol. The maximum atomic E-state index is 12.3. The van der Waals surface area contributed by atoms with Crippen molar-refractivity contribution >= 4 is 17.3 Å². The first-order valence-electron chi connectivity index (χ1n) is 8.40. The summed E-state index contributed by atoms with van der Waals surface area (Å²) in [5.41, 5.74) is 2.35. The van der Waals surface area contributed by atoms with Crippen molar-refractivity contribution in [3.8, 4) is 11.8 Å². The largest absolute Gasteiger partial charge is 0.481 e. The standard InChI is InChI=1S/C20H23N3O2/c1-4-23(5-2)18-11-9-17(10-12-18)22-20(24)15(3)25-19-8-6-7-16(13-19)14-21/h6-13,15H,4-5H2,1-3H3,(H,22,24). The van der Waals surface area contributed by atoms with Crippen molar-refractivity contribution in [2.45, 2.75) is 26.9 Å². The molecule has 0 aliphatic heterocycles. The zero-order valence-electron chi connectivity index (χ0n) is 14.8. The van der Waals surface area contributed by atoms with E-state index in [9.17, 15) is 4.79 Å². The number of anilines is 2. The van der Waals surface area contributed by atoms with Crippen LogP contribution in [0.25, 0.3) is 0 Å². The Morgan fingerprint density at radius 3 is 2.48 bits per heavy atom. The van der Waals surface area contributed by atoms with E-state index >= 15 is 0 Å². The number of amides is 1. The topological polar surface area (TPSA) is 65.4 Å². The summed E-state index contributed by atoms with van der Waals surface area (Å²) in [5, 5.41) is 11.8. The maximum absolute atomic E-state index is 12.3. The summed E-state index contributed by atoms with van der Waals surface area (Å²) in [7, 11) is 0. The summed E-state index contributed by atoms with van der Waals surface area (Å²) < 4.78 is 5.62. The van der Waals surface area contributed by atoms with Crippen LogP contribution in [-0.4, -0.2) is 25.1 Å². The van der Waals surface area contributed by atoms with Gasteiger partial charge in [-0.1, -0.05) is 6.07 Å². The second-order valence-corrected chi connectivity index (χ2v) is 5.61. The highest BCUT2D eigenvalue weighted by atomic mass is 16.5. The molecule has 0 aromatic heterocycles. The Kier molecular flexibility index (Phi) is 6.41. The van der Waals surface area contributed by atoms with Gasteiger partial charge in [0.2, 0.25) is 0 Å². The molecule has 1 N–H and O–H groups in total. The molecule has 0 aliphatic rings. The number of carbonyl (C=O) groups is 1. The summed E-state index contributed by atoms with van der Waals surface area (Å²) in [6.45, 7) is 7.78. The summed E-state index contributed by atoms with van der Waals surface area (Å²) >= 11 is 0. The average molecular weight is 337 g/mol. The lowest BCUT2D eigenvalue weighted by Gasteiger charge is -2.21. The highest BCUT2D eigenvalue weighted by Crippen LogP contribution is 2.19. The van der Waals surface area contributed by atoms with Gasteiger partial charge in [0.1, 0.15) is 5.75 Å². The molecule has 1 atom stereocenters. The quantitative estimate of drug-likeness (QED) is 0.834. The molecule has 25 heavy (non-hydrogen) atoms. The van der Waals surface area contributed by atoms with Crippen LogP contribution in [0.15, 0.2) is 48.5 Å². The van der Waals surface area contributed by atoms with Gasteiger partial charge in [-0.2, -0.15) is 5.26 Å². The number of hydrogen-bond acceptors (Lipinski definition) is 4. The van der Waals surface area contributed by atoms with Crippen molar-refractivity contribution in [3.05, 3.63) is 54.1 Å². The van der Waals surface area contributed by atoms with Gasteiger partial charge in [-0.05, 0) is 63.2 Å². The molecule has 5 heteroatoms.